The van der Waals surface area contributed by atoms with Crippen molar-refractivity contribution in [1.29, 1.82) is 0 Å². The molecule has 9 heteroatoms. The van der Waals surface area contributed by atoms with E-state index in [9.17, 15) is 18.8 Å². The first-order valence-corrected chi connectivity index (χ1v) is 10.5. The Morgan fingerprint density at radius 1 is 1.23 bits per heavy atom. The molecule has 1 saturated carbocycles. The van der Waals surface area contributed by atoms with Gasteiger partial charge in [-0.05, 0) is 42.9 Å². The molecule has 0 bridgehead atoms. The van der Waals surface area contributed by atoms with Crippen LogP contribution in [0.5, 0.6) is 0 Å². The number of likely N-dealkylation sites (N-methyl/N-ethyl adjacent to an activating group) is 1. The Balaban J connectivity index is 1.42. The Morgan fingerprint density at radius 3 is 2.68 bits per heavy atom. The lowest BCUT2D eigenvalue weighted by Gasteiger charge is -2.20. The third-order valence-electron chi connectivity index (χ3n) is 5.60. The number of hydrogen-bond acceptors (Lipinski definition) is 4. The van der Waals surface area contributed by atoms with Gasteiger partial charge in [0.15, 0.2) is 5.69 Å². The second-order valence-electron chi connectivity index (χ2n) is 8.25. The number of fused-ring (bicyclic) bond motifs is 1. The predicted molar refractivity (Wildman–Crippen MR) is 111 cm³/mol. The number of carbonyl (C=O) groups is 3. The van der Waals surface area contributed by atoms with E-state index >= 15 is 0 Å². The van der Waals surface area contributed by atoms with E-state index < -0.39 is 5.91 Å². The fraction of sp³-hybridized carbons (Fsp3) is 0.455. The quantitative estimate of drug-likeness (QED) is 0.728. The first kappa shape index (κ1) is 21.0. The summed E-state index contributed by atoms with van der Waals surface area (Å²) in [6.07, 6.45) is 2.97. The third-order valence-corrected chi connectivity index (χ3v) is 5.60. The van der Waals surface area contributed by atoms with Gasteiger partial charge in [-0.2, -0.15) is 5.10 Å². The monoisotopic (exact) mass is 427 g/mol. The molecule has 1 aromatic heterocycles. The molecule has 2 heterocycles. The summed E-state index contributed by atoms with van der Waals surface area (Å²) in [6, 6.07) is 7.54. The topological polar surface area (TPSA) is 87.5 Å². The number of rotatable bonds is 7. The summed E-state index contributed by atoms with van der Waals surface area (Å²) in [6.45, 7) is 2.01. The van der Waals surface area contributed by atoms with E-state index in [-0.39, 0.29) is 29.9 Å². The SMILES string of the molecule is CN(CC(=O)NCC1CC1)C(=O)c1cc2n(n1)CCCN(Cc1ccc(F)cc1)C2=O. The predicted octanol–water partition coefficient (Wildman–Crippen LogP) is 1.67. The molecule has 1 aromatic carbocycles. The highest BCUT2D eigenvalue weighted by atomic mass is 19.1. The van der Waals surface area contributed by atoms with E-state index in [1.54, 1.807) is 28.8 Å². The number of benzene rings is 1. The molecule has 164 valence electrons. The van der Waals surface area contributed by atoms with Crippen molar-refractivity contribution in [1.82, 2.24) is 24.9 Å². The van der Waals surface area contributed by atoms with Gasteiger partial charge in [0.05, 0.1) is 6.54 Å². The summed E-state index contributed by atoms with van der Waals surface area (Å²) in [5, 5.41) is 7.16. The molecule has 31 heavy (non-hydrogen) atoms. The number of amides is 3. The van der Waals surface area contributed by atoms with Crippen LogP contribution in [0.25, 0.3) is 0 Å². The van der Waals surface area contributed by atoms with Gasteiger partial charge >= 0.3 is 0 Å². The number of aryl methyl sites for hydroxylation is 1. The highest BCUT2D eigenvalue weighted by molar-refractivity contribution is 5.99. The van der Waals surface area contributed by atoms with Crippen molar-refractivity contribution in [2.75, 3.05) is 26.7 Å². The fourth-order valence-corrected chi connectivity index (χ4v) is 3.62. The molecule has 1 fully saturated rings. The summed E-state index contributed by atoms with van der Waals surface area (Å²) >= 11 is 0. The molecule has 4 rings (SSSR count). The van der Waals surface area contributed by atoms with E-state index in [2.05, 4.69) is 10.4 Å². The van der Waals surface area contributed by atoms with Crippen molar-refractivity contribution >= 4 is 17.7 Å². The Hall–Kier alpha value is -3.23. The van der Waals surface area contributed by atoms with Crippen LogP contribution in [0.3, 0.4) is 0 Å². The Bertz CT molecular complexity index is 984. The van der Waals surface area contributed by atoms with Crippen molar-refractivity contribution in [3.05, 3.63) is 53.1 Å². The minimum atomic E-state index is -0.403. The summed E-state index contributed by atoms with van der Waals surface area (Å²) in [5.74, 6) is -0.585. The third kappa shape index (κ3) is 5.10. The van der Waals surface area contributed by atoms with Crippen molar-refractivity contribution in [2.45, 2.75) is 32.4 Å². The van der Waals surface area contributed by atoms with Crippen molar-refractivity contribution in [3.8, 4) is 0 Å². The number of aromatic nitrogens is 2. The zero-order valence-electron chi connectivity index (χ0n) is 17.5. The molecule has 0 spiro atoms. The molecule has 1 aliphatic heterocycles. The fourth-order valence-electron chi connectivity index (χ4n) is 3.62. The minimum Gasteiger partial charge on any atom is -0.354 e. The lowest BCUT2D eigenvalue weighted by molar-refractivity contribution is -0.121. The van der Waals surface area contributed by atoms with Crippen LogP contribution in [0.4, 0.5) is 4.39 Å². The normalized spacial score (nSPS) is 15.9. The second kappa shape index (κ2) is 8.87. The average Bonchev–Trinajstić information content (AvgIpc) is 3.51. The molecule has 1 N–H and O–H groups in total. The van der Waals surface area contributed by atoms with Gasteiger partial charge in [0.2, 0.25) is 5.91 Å². The first-order chi connectivity index (χ1) is 14.9. The summed E-state index contributed by atoms with van der Waals surface area (Å²) < 4.78 is 14.7. The Kier molecular flexibility index (Phi) is 6.01. The lowest BCUT2D eigenvalue weighted by Crippen LogP contribution is -2.39. The average molecular weight is 427 g/mol. The highest BCUT2D eigenvalue weighted by Crippen LogP contribution is 2.27. The molecule has 1 aliphatic carbocycles. The van der Waals surface area contributed by atoms with Gasteiger partial charge in [0, 0.05) is 39.3 Å². The van der Waals surface area contributed by atoms with Gasteiger partial charge in [-0.1, -0.05) is 12.1 Å². The number of halogens is 1. The van der Waals surface area contributed by atoms with E-state index in [0.29, 0.717) is 44.2 Å². The zero-order chi connectivity index (χ0) is 22.0. The van der Waals surface area contributed by atoms with Crippen LogP contribution >= 0.6 is 0 Å². The number of carbonyl (C=O) groups excluding carboxylic acids is 3. The van der Waals surface area contributed by atoms with Crippen LogP contribution in [-0.2, 0) is 17.9 Å². The van der Waals surface area contributed by atoms with Crippen molar-refractivity contribution in [2.24, 2.45) is 5.92 Å². The summed E-state index contributed by atoms with van der Waals surface area (Å²) in [7, 11) is 1.55. The molecule has 2 aliphatic rings. The minimum absolute atomic E-state index is 0.0572. The lowest BCUT2D eigenvalue weighted by atomic mass is 10.2. The van der Waals surface area contributed by atoms with Crippen LogP contribution in [0.2, 0.25) is 0 Å². The largest absolute Gasteiger partial charge is 0.354 e. The zero-order valence-corrected chi connectivity index (χ0v) is 17.5. The maximum Gasteiger partial charge on any atom is 0.274 e. The van der Waals surface area contributed by atoms with Gasteiger partial charge in [-0.15, -0.1) is 0 Å². The van der Waals surface area contributed by atoms with Crippen LogP contribution in [0.15, 0.2) is 30.3 Å². The van der Waals surface area contributed by atoms with Crippen LogP contribution in [0.1, 0.15) is 45.8 Å². The van der Waals surface area contributed by atoms with Crippen LogP contribution in [-0.4, -0.2) is 64.0 Å². The summed E-state index contributed by atoms with van der Waals surface area (Å²) in [4.78, 5) is 40.8. The van der Waals surface area contributed by atoms with Crippen LogP contribution < -0.4 is 5.32 Å². The molecule has 0 radical (unpaired) electrons. The maximum atomic E-state index is 13.2. The maximum absolute atomic E-state index is 13.2. The molecule has 0 atom stereocenters. The molecule has 0 unspecified atom stereocenters. The number of nitrogens with one attached hydrogen (secondary N) is 1. The molecule has 0 saturated heterocycles. The van der Waals surface area contributed by atoms with Gasteiger partial charge in [-0.3, -0.25) is 19.1 Å². The van der Waals surface area contributed by atoms with Gasteiger partial charge in [0.1, 0.15) is 11.5 Å². The molecular formula is C22H26FN5O3. The number of hydrogen-bond donors (Lipinski definition) is 1. The van der Waals surface area contributed by atoms with Crippen molar-refractivity contribution < 1.29 is 18.8 Å². The molecule has 3 amide bonds. The summed E-state index contributed by atoms with van der Waals surface area (Å²) in [5.41, 5.74) is 1.31. The van der Waals surface area contributed by atoms with Gasteiger partial charge < -0.3 is 15.1 Å². The first-order valence-electron chi connectivity index (χ1n) is 10.5. The smallest absolute Gasteiger partial charge is 0.274 e. The van der Waals surface area contributed by atoms with Crippen molar-refractivity contribution in [3.63, 3.8) is 0 Å². The molecular weight excluding hydrogens is 401 g/mol. The standard InChI is InChI=1S/C22H26FN5O3/c1-26(14-20(29)24-12-15-3-4-15)21(30)18-11-19-22(31)27(9-2-10-28(19)25-18)13-16-5-7-17(23)8-6-16/h5-8,11,15H,2-4,9-10,12-14H2,1H3,(H,24,29). The Labute approximate surface area is 180 Å². The molecule has 8 nitrogen and oxygen atoms in total. The Morgan fingerprint density at radius 2 is 1.97 bits per heavy atom. The highest BCUT2D eigenvalue weighted by Gasteiger charge is 2.28. The van der Waals surface area contributed by atoms with E-state index in [1.807, 2.05) is 0 Å². The van der Waals surface area contributed by atoms with E-state index in [0.717, 1.165) is 18.4 Å². The van der Waals surface area contributed by atoms with Gasteiger partial charge in [0.25, 0.3) is 11.8 Å². The number of nitrogens with zero attached hydrogens (tertiary/aromatic N) is 4. The second-order valence-corrected chi connectivity index (χ2v) is 8.25. The molecule has 2 aromatic rings. The van der Waals surface area contributed by atoms with E-state index in [4.69, 9.17) is 0 Å². The van der Waals surface area contributed by atoms with Crippen LogP contribution in [0, 0.1) is 11.7 Å². The van der Waals surface area contributed by atoms with E-state index in [1.165, 1.54) is 23.1 Å². The van der Waals surface area contributed by atoms with Gasteiger partial charge in [-0.25, -0.2) is 4.39 Å².